The molecule has 2 amide bonds. The molecule has 2 aromatic rings. The maximum Gasteiger partial charge on any atom is 0.418 e. The number of hydrogen-bond acceptors (Lipinski definition) is 3. The molecular formula is C18H17F3N2O3. The summed E-state index contributed by atoms with van der Waals surface area (Å²) in [6, 6.07) is 10.2. The predicted octanol–water partition coefficient (Wildman–Crippen LogP) is 4.46. The molecule has 0 saturated carbocycles. The van der Waals surface area contributed by atoms with Crippen LogP contribution in [0.2, 0.25) is 0 Å². The third kappa shape index (κ3) is 5.51. The molecule has 2 aromatic carbocycles. The number of esters is 1. The Kier molecular flexibility index (Phi) is 6.21. The molecule has 0 aliphatic rings. The minimum Gasteiger partial charge on any atom is -0.466 e. The maximum atomic E-state index is 12.9. The molecule has 26 heavy (non-hydrogen) atoms. The molecule has 0 fully saturated rings. The van der Waals surface area contributed by atoms with Gasteiger partial charge < -0.3 is 15.4 Å². The number of carbonyl (C=O) groups excluding carboxylic acids is 2. The second-order valence-electron chi connectivity index (χ2n) is 5.30. The van der Waals surface area contributed by atoms with Crippen molar-refractivity contribution in [2.24, 2.45) is 0 Å². The van der Waals surface area contributed by atoms with Gasteiger partial charge in [0.15, 0.2) is 0 Å². The van der Waals surface area contributed by atoms with Gasteiger partial charge in [0, 0.05) is 5.69 Å². The minimum absolute atomic E-state index is 0.0965. The van der Waals surface area contributed by atoms with Gasteiger partial charge in [-0.1, -0.05) is 24.3 Å². The fourth-order valence-electron chi connectivity index (χ4n) is 2.21. The van der Waals surface area contributed by atoms with Crippen molar-refractivity contribution < 1.29 is 27.5 Å². The lowest BCUT2D eigenvalue weighted by Gasteiger charge is -2.14. The lowest BCUT2D eigenvalue weighted by Crippen LogP contribution is -2.21. The average Bonchev–Trinajstić information content (AvgIpc) is 2.56. The SMILES string of the molecule is CCOC(=O)Cc1ccc(NC(=O)Nc2ccccc2C(F)(F)F)cc1. The van der Waals surface area contributed by atoms with Crippen LogP contribution < -0.4 is 10.6 Å². The zero-order chi connectivity index (χ0) is 19.2. The zero-order valence-electron chi connectivity index (χ0n) is 13.9. The van der Waals surface area contributed by atoms with E-state index in [0.29, 0.717) is 11.3 Å². The molecule has 2 rings (SSSR count). The van der Waals surface area contributed by atoms with Gasteiger partial charge in [0.05, 0.1) is 24.3 Å². The van der Waals surface area contributed by atoms with Crippen LogP contribution in [0, 0.1) is 0 Å². The first-order valence-corrected chi connectivity index (χ1v) is 7.78. The van der Waals surface area contributed by atoms with Crippen molar-refractivity contribution in [2.45, 2.75) is 19.5 Å². The van der Waals surface area contributed by atoms with Crippen molar-refractivity contribution in [3.8, 4) is 0 Å². The number of anilines is 2. The Morgan fingerprint density at radius 1 is 1.00 bits per heavy atom. The second-order valence-corrected chi connectivity index (χ2v) is 5.30. The summed E-state index contributed by atoms with van der Waals surface area (Å²) in [6.07, 6.45) is -4.47. The average molecular weight is 366 g/mol. The highest BCUT2D eigenvalue weighted by atomic mass is 19.4. The summed E-state index contributed by atoms with van der Waals surface area (Å²) in [5, 5.41) is 4.63. The molecule has 0 spiro atoms. The first-order chi connectivity index (χ1) is 12.3. The van der Waals surface area contributed by atoms with Crippen molar-refractivity contribution in [1.29, 1.82) is 0 Å². The van der Waals surface area contributed by atoms with E-state index in [0.717, 1.165) is 6.07 Å². The Hall–Kier alpha value is -3.03. The van der Waals surface area contributed by atoms with Crippen molar-refractivity contribution in [2.75, 3.05) is 17.2 Å². The number of urea groups is 1. The summed E-state index contributed by atoms with van der Waals surface area (Å²) in [5.74, 6) is -0.366. The van der Waals surface area contributed by atoms with E-state index in [2.05, 4.69) is 10.6 Å². The molecule has 5 nitrogen and oxygen atoms in total. The van der Waals surface area contributed by atoms with Crippen LogP contribution in [0.3, 0.4) is 0 Å². The van der Waals surface area contributed by atoms with E-state index < -0.39 is 17.8 Å². The number of alkyl halides is 3. The van der Waals surface area contributed by atoms with E-state index in [9.17, 15) is 22.8 Å². The number of halogens is 3. The highest BCUT2D eigenvalue weighted by Crippen LogP contribution is 2.34. The van der Waals surface area contributed by atoms with Crippen LogP contribution in [-0.4, -0.2) is 18.6 Å². The normalized spacial score (nSPS) is 10.9. The first kappa shape index (κ1) is 19.3. The van der Waals surface area contributed by atoms with E-state index in [4.69, 9.17) is 4.74 Å². The third-order valence-corrected chi connectivity index (χ3v) is 3.35. The van der Waals surface area contributed by atoms with Crippen molar-refractivity contribution in [1.82, 2.24) is 0 Å². The molecule has 2 N–H and O–H groups in total. The highest BCUT2D eigenvalue weighted by molar-refractivity contribution is 6.00. The van der Waals surface area contributed by atoms with Crippen LogP contribution in [0.5, 0.6) is 0 Å². The van der Waals surface area contributed by atoms with Crippen LogP contribution in [0.15, 0.2) is 48.5 Å². The summed E-state index contributed by atoms with van der Waals surface area (Å²) in [6.45, 7) is 2.00. The highest BCUT2D eigenvalue weighted by Gasteiger charge is 2.33. The summed E-state index contributed by atoms with van der Waals surface area (Å²) in [5.41, 5.74) is -0.201. The smallest absolute Gasteiger partial charge is 0.418 e. The van der Waals surface area contributed by atoms with Gasteiger partial charge in [0.1, 0.15) is 0 Å². The van der Waals surface area contributed by atoms with Gasteiger partial charge >= 0.3 is 18.2 Å². The fraction of sp³-hybridized carbons (Fsp3) is 0.222. The molecule has 0 saturated heterocycles. The third-order valence-electron chi connectivity index (χ3n) is 3.35. The second kappa shape index (κ2) is 8.37. The van der Waals surface area contributed by atoms with E-state index in [1.54, 1.807) is 31.2 Å². The molecule has 0 bridgehead atoms. The van der Waals surface area contributed by atoms with Crippen LogP contribution >= 0.6 is 0 Å². The summed E-state index contributed by atoms with van der Waals surface area (Å²) in [4.78, 5) is 23.3. The molecular weight excluding hydrogens is 349 g/mol. The van der Waals surface area contributed by atoms with Gasteiger partial charge in [-0.3, -0.25) is 4.79 Å². The molecule has 0 atom stereocenters. The molecule has 138 valence electrons. The molecule has 0 heterocycles. The number of ether oxygens (including phenoxy) is 1. The monoisotopic (exact) mass is 366 g/mol. The van der Waals surface area contributed by atoms with Gasteiger partial charge in [-0.15, -0.1) is 0 Å². The molecule has 0 unspecified atom stereocenters. The minimum atomic E-state index is -4.57. The van der Waals surface area contributed by atoms with Gasteiger partial charge in [-0.25, -0.2) is 4.79 Å². The fourth-order valence-corrected chi connectivity index (χ4v) is 2.21. The Morgan fingerprint density at radius 3 is 2.27 bits per heavy atom. The van der Waals surface area contributed by atoms with Crippen molar-refractivity contribution in [3.63, 3.8) is 0 Å². The van der Waals surface area contributed by atoms with E-state index in [-0.39, 0.29) is 24.7 Å². The Bertz CT molecular complexity index is 774. The number of amides is 2. The lowest BCUT2D eigenvalue weighted by atomic mass is 10.1. The van der Waals surface area contributed by atoms with Crippen LogP contribution in [0.4, 0.5) is 29.3 Å². The first-order valence-electron chi connectivity index (χ1n) is 7.78. The maximum absolute atomic E-state index is 12.9. The number of para-hydroxylation sites is 1. The lowest BCUT2D eigenvalue weighted by molar-refractivity contribution is -0.142. The summed E-state index contributed by atoms with van der Waals surface area (Å²) >= 11 is 0. The number of hydrogen-bond donors (Lipinski definition) is 2. The largest absolute Gasteiger partial charge is 0.466 e. The summed E-state index contributed by atoms with van der Waals surface area (Å²) < 4.78 is 43.6. The van der Waals surface area contributed by atoms with Crippen LogP contribution in [-0.2, 0) is 22.1 Å². The van der Waals surface area contributed by atoms with Crippen LogP contribution in [0.1, 0.15) is 18.1 Å². The predicted molar refractivity (Wildman–Crippen MR) is 90.9 cm³/mol. The van der Waals surface area contributed by atoms with E-state index in [1.807, 2.05) is 0 Å². The molecule has 0 radical (unpaired) electrons. The van der Waals surface area contributed by atoms with E-state index >= 15 is 0 Å². The molecule has 0 aliphatic heterocycles. The van der Waals surface area contributed by atoms with Gasteiger partial charge in [-0.05, 0) is 36.8 Å². The number of rotatable bonds is 5. The molecule has 8 heteroatoms. The van der Waals surface area contributed by atoms with Gasteiger partial charge in [0.25, 0.3) is 0 Å². The molecule has 0 aliphatic carbocycles. The number of nitrogens with one attached hydrogen (secondary N) is 2. The Labute approximate surface area is 148 Å². The quantitative estimate of drug-likeness (QED) is 0.768. The number of benzene rings is 2. The van der Waals surface area contributed by atoms with Crippen LogP contribution in [0.25, 0.3) is 0 Å². The molecule has 0 aromatic heterocycles. The standard InChI is InChI=1S/C18H17F3N2O3/c1-2-26-16(24)11-12-7-9-13(10-8-12)22-17(25)23-15-6-4-3-5-14(15)18(19,20)21/h3-10H,2,11H2,1H3,(H2,22,23,25). The van der Waals surface area contributed by atoms with E-state index in [1.165, 1.54) is 18.2 Å². The summed E-state index contributed by atoms with van der Waals surface area (Å²) in [7, 11) is 0. The Balaban J connectivity index is 2.00. The zero-order valence-corrected chi connectivity index (χ0v) is 13.9. The topological polar surface area (TPSA) is 67.4 Å². The Morgan fingerprint density at radius 2 is 1.65 bits per heavy atom. The van der Waals surface area contributed by atoms with Gasteiger partial charge in [0.2, 0.25) is 0 Å². The van der Waals surface area contributed by atoms with Gasteiger partial charge in [-0.2, -0.15) is 13.2 Å². The van der Waals surface area contributed by atoms with Crippen molar-refractivity contribution in [3.05, 3.63) is 59.7 Å². The number of carbonyl (C=O) groups is 2. The van der Waals surface area contributed by atoms with Crippen molar-refractivity contribution >= 4 is 23.4 Å².